The second-order valence-corrected chi connectivity index (χ2v) is 4.03. The van der Waals surface area contributed by atoms with Crippen LogP contribution < -0.4 is 5.73 Å². The lowest BCUT2D eigenvalue weighted by Crippen LogP contribution is -2.49. The van der Waals surface area contributed by atoms with Crippen LogP contribution in [0.3, 0.4) is 0 Å². The molecule has 76 valence electrons. The van der Waals surface area contributed by atoms with Crippen molar-refractivity contribution < 1.29 is 9.53 Å². The first-order valence-corrected chi connectivity index (χ1v) is 5.04. The fraction of sp³-hybridized carbons (Fsp3) is 0.889. The van der Waals surface area contributed by atoms with Gasteiger partial charge < -0.3 is 10.5 Å². The van der Waals surface area contributed by atoms with E-state index in [1.807, 2.05) is 0 Å². The van der Waals surface area contributed by atoms with Gasteiger partial charge in [-0.3, -0.25) is 4.79 Å². The Balaban J connectivity index is 2.72. The first-order chi connectivity index (χ1) is 6.12. The van der Waals surface area contributed by atoms with Crippen LogP contribution in [0.25, 0.3) is 0 Å². The number of methoxy groups -OCH3 is 1. The number of hydrogen-bond donors (Lipinski definition) is 1. The van der Waals surface area contributed by atoms with Crippen LogP contribution >= 0.6 is 11.6 Å². The summed E-state index contributed by atoms with van der Waals surface area (Å²) in [7, 11) is 1.60. The van der Waals surface area contributed by atoms with Gasteiger partial charge in [0.25, 0.3) is 0 Å². The van der Waals surface area contributed by atoms with E-state index < -0.39 is 16.9 Å². The van der Waals surface area contributed by atoms with Crippen LogP contribution in [-0.4, -0.2) is 24.0 Å². The molecule has 0 heterocycles. The molecule has 0 aliphatic heterocycles. The molecule has 0 aromatic carbocycles. The average Bonchev–Trinajstić information content (AvgIpc) is 2.17. The zero-order valence-corrected chi connectivity index (χ0v) is 8.64. The van der Waals surface area contributed by atoms with E-state index in [-0.39, 0.29) is 0 Å². The van der Waals surface area contributed by atoms with Gasteiger partial charge in [0.05, 0.1) is 5.60 Å². The van der Waals surface area contributed by atoms with Gasteiger partial charge in [-0.05, 0) is 12.8 Å². The lowest BCUT2D eigenvalue weighted by molar-refractivity contribution is -0.125. The number of halogens is 1. The van der Waals surface area contributed by atoms with E-state index in [4.69, 9.17) is 22.1 Å². The van der Waals surface area contributed by atoms with Crippen molar-refractivity contribution in [3.05, 3.63) is 0 Å². The highest BCUT2D eigenvalue weighted by atomic mass is 35.5. The fourth-order valence-corrected chi connectivity index (χ4v) is 2.28. The maximum Gasteiger partial charge on any atom is 0.238 e. The highest BCUT2D eigenvalue weighted by Crippen LogP contribution is 2.36. The minimum atomic E-state index is -0.696. The van der Waals surface area contributed by atoms with Crippen molar-refractivity contribution in [2.24, 2.45) is 5.73 Å². The molecule has 1 aliphatic rings. The average molecular weight is 206 g/mol. The number of alkyl halides is 1. The van der Waals surface area contributed by atoms with Crippen molar-refractivity contribution >= 4 is 17.5 Å². The standard InChI is InChI=1S/C9H16ClNO2/c1-13-9(7(10)8(11)12)5-3-2-4-6-9/h7H,2-6H2,1H3,(H2,11,12). The molecule has 1 atom stereocenters. The SMILES string of the molecule is COC1(C(Cl)C(N)=O)CCCCC1. The molecule has 0 aromatic heterocycles. The Morgan fingerprint density at radius 1 is 1.46 bits per heavy atom. The Hall–Kier alpha value is -0.280. The van der Waals surface area contributed by atoms with Crippen molar-refractivity contribution in [2.45, 2.75) is 43.1 Å². The van der Waals surface area contributed by atoms with Crippen molar-refractivity contribution in [3.8, 4) is 0 Å². The van der Waals surface area contributed by atoms with Crippen LogP contribution in [0.2, 0.25) is 0 Å². The van der Waals surface area contributed by atoms with Crippen LogP contribution in [0.4, 0.5) is 0 Å². The molecule has 2 N–H and O–H groups in total. The number of primary amides is 1. The maximum absolute atomic E-state index is 11.0. The summed E-state index contributed by atoms with van der Waals surface area (Å²) in [6.07, 6.45) is 4.98. The largest absolute Gasteiger partial charge is 0.376 e. The van der Waals surface area contributed by atoms with E-state index in [9.17, 15) is 4.79 Å². The van der Waals surface area contributed by atoms with Gasteiger partial charge >= 0.3 is 0 Å². The van der Waals surface area contributed by atoms with Crippen LogP contribution in [0.1, 0.15) is 32.1 Å². The van der Waals surface area contributed by atoms with Gasteiger partial charge in [-0.25, -0.2) is 0 Å². The predicted molar refractivity (Wildman–Crippen MR) is 51.7 cm³/mol. The predicted octanol–water partition coefficient (Wildman–Crippen LogP) is 1.43. The third kappa shape index (κ3) is 2.15. The third-order valence-corrected chi connectivity index (χ3v) is 3.43. The third-order valence-electron chi connectivity index (χ3n) is 2.82. The molecule has 13 heavy (non-hydrogen) atoms. The van der Waals surface area contributed by atoms with Gasteiger partial charge in [0.1, 0.15) is 5.38 Å². The van der Waals surface area contributed by atoms with Gasteiger partial charge in [-0.1, -0.05) is 19.3 Å². The van der Waals surface area contributed by atoms with Gasteiger partial charge in [0, 0.05) is 7.11 Å². The maximum atomic E-state index is 11.0. The molecule has 0 saturated heterocycles. The fourth-order valence-electron chi connectivity index (χ4n) is 1.97. The number of carbonyl (C=O) groups is 1. The topological polar surface area (TPSA) is 52.3 Å². The number of ether oxygens (including phenoxy) is 1. The summed E-state index contributed by atoms with van der Waals surface area (Å²) >= 11 is 5.95. The highest BCUT2D eigenvalue weighted by molar-refractivity contribution is 6.31. The van der Waals surface area contributed by atoms with E-state index in [0.717, 1.165) is 25.7 Å². The second kappa shape index (κ2) is 4.29. The first kappa shape index (κ1) is 10.8. The molecule has 1 aliphatic carbocycles. The zero-order valence-electron chi connectivity index (χ0n) is 7.88. The monoisotopic (exact) mass is 205 g/mol. The lowest BCUT2D eigenvalue weighted by atomic mass is 9.81. The zero-order chi connectivity index (χ0) is 9.90. The summed E-state index contributed by atoms with van der Waals surface area (Å²) in [6.45, 7) is 0. The first-order valence-electron chi connectivity index (χ1n) is 4.61. The van der Waals surface area contributed by atoms with Crippen LogP contribution in [0.5, 0.6) is 0 Å². The Bertz CT molecular complexity index is 190. The Morgan fingerprint density at radius 3 is 2.38 bits per heavy atom. The molecule has 4 heteroatoms. The van der Waals surface area contributed by atoms with Gasteiger partial charge in [-0.2, -0.15) is 0 Å². The van der Waals surface area contributed by atoms with Crippen molar-refractivity contribution in [1.82, 2.24) is 0 Å². The number of hydrogen-bond acceptors (Lipinski definition) is 2. The molecule has 1 fully saturated rings. The van der Waals surface area contributed by atoms with E-state index in [1.54, 1.807) is 7.11 Å². The van der Waals surface area contributed by atoms with Crippen molar-refractivity contribution in [1.29, 1.82) is 0 Å². The Labute approximate surface area is 83.6 Å². The van der Waals surface area contributed by atoms with E-state index in [0.29, 0.717) is 0 Å². The molecule has 3 nitrogen and oxygen atoms in total. The van der Waals surface area contributed by atoms with Crippen LogP contribution in [-0.2, 0) is 9.53 Å². The Morgan fingerprint density at radius 2 is 2.00 bits per heavy atom. The molecule has 0 spiro atoms. The van der Waals surface area contributed by atoms with E-state index >= 15 is 0 Å². The summed E-state index contributed by atoms with van der Waals surface area (Å²) in [5.41, 5.74) is 4.67. The molecular weight excluding hydrogens is 190 g/mol. The second-order valence-electron chi connectivity index (χ2n) is 3.59. The molecule has 0 aromatic rings. The summed E-state index contributed by atoms with van der Waals surface area (Å²) in [5, 5.41) is -0.696. The normalized spacial score (nSPS) is 23.8. The minimum Gasteiger partial charge on any atom is -0.376 e. The van der Waals surface area contributed by atoms with Crippen molar-refractivity contribution in [2.75, 3.05) is 7.11 Å². The van der Waals surface area contributed by atoms with Crippen LogP contribution in [0, 0.1) is 0 Å². The van der Waals surface area contributed by atoms with Gasteiger partial charge in [0.2, 0.25) is 5.91 Å². The smallest absolute Gasteiger partial charge is 0.238 e. The van der Waals surface area contributed by atoms with Crippen LogP contribution in [0.15, 0.2) is 0 Å². The molecule has 0 radical (unpaired) electrons. The lowest BCUT2D eigenvalue weighted by Gasteiger charge is -2.38. The number of amides is 1. The number of nitrogens with two attached hydrogens (primary N) is 1. The van der Waals surface area contributed by atoms with E-state index in [2.05, 4.69) is 0 Å². The molecule has 1 rings (SSSR count). The highest BCUT2D eigenvalue weighted by Gasteiger charge is 2.42. The number of carbonyl (C=O) groups excluding carboxylic acids is 1. The molecule has 1 amide bonds. The minimum absolute atomic E-state index is 0.481. The summed E-state index contributed by atoms with van der Waals surface area (Å²) < 4.78 is 5.37. The van der Waals surface area contributed by atoms with Crippen molar-refractivity contribution in [3.63, 3.8) is 0 Å². The summed E-state index contributed by atoms with van der Waals surface area (Å²) in [6, 6.07) is 0. The molecule has 0 bridgehead atoms. The summed E-state index contributed by atoms with van der Waals surface area (Å²) in [4.78, 5) is 11.0. The van der Waals surface area contributed by atoms with Gasteiger partial charge in [-0.15, -0.1) is 11.6 Å². The summed E-state index contributed by atoms with van der Waals surface area (Å²) in [5.74, 6) is -0.481. The quantitative estimate of drug-likeness (QED) is 0.709. The Kier molecular flexibility index (Phi) is 3.56. The molecular formula is C9H16ClNO2. The number of rotatable bonds is 3. The molecule has 1 saturated carbocycles. The van der Waals surface area contributed by atoms with E-state index in [1.165, 1.54) is 6.42 Å². The van der Waals surface area contributed by atoms with Gasteiger partial charge in [0.15, 0.2) is 0 Å². The molecule has 1 unspecified atom stereocenters.